The Morgan fingerprint density at radius 1 is 1.14 bits per heavy atom. The second-order valence-corrected chi connectivity index (χ2v) is 6.80. The first-order valence-electron chi connectivity index (χ1n) is 7.28. The van der Waals surface area contributed by atoms with Gasteiger partial charge < -0.3 is 5.32 Å². The van der Waals surface area contributed by atoms with Gasteiger partial charge in [-0.05, 0) is 23.1 Å². The molecule has 0 radical (unpaired) electrons. The van der Waals surface area contributed by atoms with Crippen LogP contribution in [0, 0.1) is 5.41 Å². The molecule has 2 rings (SSSR count). The number of nitrogens with one attached hydrogen (secondary N) is 1. The molecule has 1 fully saturated rings. The van der Waals surface area contributed by atoms with Gasteiger partial charge in [-0.2, -0.15) is 13.2 Å². The molecule has 5 heteroatoms. The van der Waals surface area contributed by atoms with E-state index in [4.69, 9.17) is 0 Å². The van der Waals surface area contributed by atoms with Gasteiger partial charge in [-0.1, -0.05) is 32.9 Å². The predicted molar refractivity (Wildman–Crippen MR) is 78.0 cm³/mol. The molecule has 1 aromatic rings. The van der Waals surface area contributed by atoms with E-state index in [1.54, 1.807) is 12.1 Å². The highest BCUT2D eigenvalue weighted by molar-refractivity contribution is 5.24. The van der Waals surface area contributed by atoms with Gasteiger partial charge in [-0.25, -0.2) is 0 Å². The maximum Gasteiger partial charge on any atom is 0.416 e. The lowest BCUT2D eigenvalue weighted by molar-refractivity contribution is -0.137. The third-order valence-corrected chi connectivity index (χ3v) is 3.99. The van der Waals surface area contributed by atoms with Crippen LogP contribution in [-0.4, -0.2) is 30.6 Å². The monoisotopic (exact) mass is 300 g/mol. The highest BCUT2D eigenvalue weighted by atomic mass is 19.4. The van der Waals surface area contributed by atoms with Gasteiger partial charge >= 0.3 is 6.18 Å². The van der Waals surface area contributed by atoms with Crippen molar-refractivity contribution in [2.75, 3.05) is 19.6 Å². The van der Waals surface area contributed by atoms with Crippen molar-refractivity contribution in [2.24, 2.45) is 5.41 Å². The zero-order valence-corrected chi connectivity index (χ0v) is 12.8. The standard InChI is InChI=1S/C16H23F3N2/c1-15(2,3)14-11-21(9-8-20-14)10-12-4-6-13(7-5-12)16(17,18)19/h4-7,14,20H,8-11H2,1-3H3. The van der Waals surface area contributed by atoms with Crippen LogP contribution in [-0.2, 0) is 12.7 Å². The summed E-state index contributed by atoms with van der Waals surface area (Å²) in [6.45, 7) is 10.1. The van der Waals surface area contributed by atoms with Crippen molar-refractivity contribution in [3.8, 4) is 0 Å². The number of piperazine rings is 1. The van der Waals surface area contributed by atoms with Gasteiger partial charge in [0.15, 0.2) is 0 Å². The van der Waals surface area contributed by atoms with Crippen LogP contribution in [0.4, 0.5) is 13.2 Å². The van der Waals surface area contributed by atoms with Crippen LogP contribution in [0.1, 0.15) is 31.9 Å². The van der Waals surface area contributed by atoms with Crippen molar-refractivity contribution in [3.63, 3.8) is 0 Å². The normalized spacial score (nSPS) is 21.5. The highest BCUT2D eigenvalue weighted by Crippen LogP contribution is 2.29. The number of nitrogens with zero attached hydrogens (tertiary/aromatic N) is 1. The third-order valence-electron chi connectivity index (χ3n) is 3.99. The van der Waals surface area contributed by atoms with E-state index < -0.39 is 11.7 Å². The molecule has 1 saturated heterocycles. The molecule has 0 bridgehead atoms. The first-order chi connectivity index (χ1) is 9.66. The molecule has 2 nitrogen and oxygen atoms in total. The van der Waals surface area contributed by atoms with Crippen molar-refractivity contribution in [1.82, 2.24) is 10.2 Å². The summed E-state index contributed by atoms with van der Waals surface area (Å²) in [5.74, 6) is 0. The Kier molecular flexibility index (Phi) is 4.63. The fourth-order valence-corrected chi connectivity index (χ4v) is 2.59. The molecular weight excluding hydrogens is 277 g/mol. The van der Waals surface area contributed by atoms with Crippen molar-refractivity contribution in [2.45, 2.75) is 39.5 Å². The minimum atomic E-state index is -4.26. The molecule has 1 N–H and O–H groups in total. The Morgan fingerprint density at radius 2 is 1.76 bits per heavy atom. The zero-order chi connectivity index (χ0) is 15.7. The molecule has 1 unspecified atom stereocenters. The number of rotatable bonds is 2. The fraction of sp³-hybridized carbons (Fsp3) is 0.625. The summed E-state index contributed by atoms with van der Waals surface area (Å²) in [7, 11) is 0. The Hall–Kier alpha value is -1.07. The maximum absolute atomic E-state index is 12.5. The Morgan fingerprint density at radius 3 is 2.29 bits per heavy atom. The first kappa shape index (κ1) is 16.3. The average molecular weight is 300 g/mol. The Bertz CT molecular complexity index is 460. The van der Waals surface area contributed by atoms with Gasteiger partial charge in [0.25, 0.3) is 0 Å². The number of hydrogen-bond donors (Lipinski definition) is 1. The average Bonchev–Trinajstić information content (AvgIpc) is 2.37. The number of hydrogen-bond acceptors (Lipinski definition) is 2. The smallest absolute Gasteiger partial charge is 0.311 e. The van der Waals surface area contributed by atoms with Crippen LogP contribution in [0.15, 0.2) is 24.3 Å². The minimum Gasteiger partial charge on any atom is -0.311 e. The van der Waals surface area contributed by atoms with Crippen LogP contribution in [0.25, 0.3) is 0 Å². The lowest BCUT2D eigenvalue weighted by Gasteiger charge is -2.40. The molecule has 0 aromatic heterocycles. The van der Waals surface area contributed by atoms with E-state index in [1.807, 2.05) is 0 Å². The summed E-state index contributed by atoms with van der Waals surface area (Å²) in [6, 6.07) is 5.89. The van der Waals surface area contributed by atoms with E-state index in [0.29, 0.717) is 12.6 Å². The fourth-order valence-electron chi connectivity index (χ4n) is 2.59. The lowest BCUT2D eigenvalue weighted by atomic mass is 9.85. The number of halogens is 3. The molecule has 0 spiro atoms. The highest BCUT2D eigenvalue weighted by Gasteiger charge is 2.31. The van der Waals surface area contributed by atoms with Gasteiger partial charge in [-0.3, -0.25) is 4.90 Å². The Balaban J connectivity index is 1.98. The van der Waals surface area contributed by atoms with Crippen molar-refractivity contribution in [1.29, 1.82) is 0 Å². The van der Waals surface area contributed by atoms with E-state index in [1.165, 1.54) is 12.1 Å². The molecule has 0 saturated carbocycles. The summed E-state index contributed by atoms with van der Waals surface area (Å²) < 4.78 is 37.6. The summed E-state index contributed by atoms with van der Waals surface area (Å²) in [6.07, 6.45) is -4.26. The molecule has 1 atom stereocenters. The second-order valence-electron chi connectivity index (χ2n) is 6.80. The topological polar surface area (TPSA) is 15.3 Å². The zero-order valence-electron chi connectivity index (χ0n) is 12.8. The second kappa shape index (κ2) is 5.97. The van der Waals surface area contributed by atoms with Crippen molar-refractivity contribution < 1.29 is 13.2 Å². The van der Waals surface area contributed by atoms with Crippen LogP contribution < -0.4 is 5.32 Å². The van der Waals surface area contributed by atoms with Gasteiger partial charge in [0.1, 0.15) is 0 Å². The maximum atomic E-state index is 12.5. The van der Waals surface area contributed by atoms with Crippen molar-refractivity contribution in [3.05, 3.63) is 35.4 Å². The number of alkyl halides is 3. The third kappa shape index (κ3) is 4.45. The van der Waals surface area contributed by atoms with Crippen LogP contribution >= 0.6 is 0 Å². The minimum absolute atomic E-state index is 0.179. The summed E-state index contributed by atoms with van der Waals surface area (Å²) >= 11 is 0. The van der Waals surface area contributed by atoms with Gasteiger partial charge in [-0.15, -0.1) is 0 Å². The van der Waals surface area contributed by atoms with Crippen LogP contribution in [0.2, 0.25) is 0 Å². The van der Waals surface area contributed by atoms with E-state index in [9.17, 15) is 13.2 Å². The van der Waals surface area contributed by atoms with Crippen molar-refractivity contribution >= 4 is 0 Å². The van der Waals surface area contributed by atoms with Crippen LogP contribution in [0.5, 0.6) is 0 Å². The number of benzene rings is 1. The molecule has 21 heavy (non-hydrogen) atoms. The SMILES string of the molecule is CC(C)(C)C1CN(Cc2ccc(C(F)(F)F)cc2)CCN1. The molecule has 1 aliphatic rings. The van der Waals surface area contributed by atoms with E-state index in [-0.39, 0.29) is 5.41 Å². The van der Waals surface area contributed by atoms with E-state index in [2.05, 4.69) is 31.0 Å². The van der Waals surface area contributed by atoms with Gasteiger partial charge in [0.05, 0.1) is 5.56 Å². The van der Waals surface area contributed by atoms with Gasteiger partial charge in [0.2, 0.25) is 0 Å². The van der Waals surface area contributed by atoms with Crippen LogP contribution in [0.3, 0.4) is 0 Å². The summed E-state index contributed by atoms with van der Waals surface area (Å²) in [5, 5.41) is 3.51. The van der Waals surface area contributed by atoms with Gasteiger partial charge in [0, 0.05) is 32.2 Å². The first-order valence-corrected chi connectivity index (χ1v) is 7.28. The van der Waals surface area contributed by atoms with E-state index >= 15 is 0 Å². The largest absolute Gasteiger partial charge is 0.416 e. The van der Waals surface area contributed by atoms with E-state index in [0.717, 1.165) is 25.2 Å². The molecule has 118 valence electrons. The summed E-state index contributed by atoms with van der Waals surface area (Å²) in [4.78, 5) is 2.30. The molecule has 1 heterocycles. The molecular formula is C16H23F3N2. The lowest BCUT2D eigenvalue weighted by Crippen LogP contribution is -2.55. The summed E-state index contributed by atoms with van der Waals surface area (Å²) in [5.41, 5.74) is 0.524. The molecule has 1 aromatic carbocycles. The molecule has 0 aliphatic carbocycles. The quantitative estimate of drug-likeness (QED) is 0.899. The molecule has 0 amide bonds. The molecule has 1 aliphatic heterocycles. The predicted octanol–water partition coefficient (Wildman–Crippen LogP) is 3.53. The Labute approximate surface area is 124 Å².